The van der Waals surface area contributed by atoms with Gasteiger partial charge >= 0.3 is 6.03 Å². The van der Waals surface area contributed by atoms with Crippen LogP contribution in [0.2, 0.25) is 0 Å². The highest BCUT2D eigenvalue weighted by Gasteiger charge is 2.36. The minimum absolute atomic E-state index is 0.0958. The van der Waals surface area contributed by atoms with Gasteiger partial charge in [-0.15, -0.1) is 0 Å². The lowest BCUT2D eigenvalue weighted by molar-refractivity contribution is -0.461. The van der Waals surface area contributed by atoms with Crippen LogP contribution in [0.5, 0.6) is 0 Å². The maximum atomic E-state index is 11.7. The van der Waals surface area contributed by atoms with Crippen molar-refractivity contribution in [2.24, 2.45) is 10.9 Å². The number of carbonyl (C=O) groups is 1. The minimum Gasteiger partial charge on any atom is -0.285 e. The molecule has 0 aromatic carbocycles. The first-order valence-electron chi connectivity index (χ1n) is 5.45. The van der Waals surface area contributed by atoms with E-state index in [0.29, 0.717) is 5.92 Å². The molecule has 1 heterocycles. The van der Waals surface area contributed by atoms with Crippen LogP contribution in [-0.2, 0) is 0 Å². The molecule has 0 bridgehead atoms. The molecule has 6 heteroatoms. The lowest BCUT2D eigenvalue weighted by Crippen LogP contribution is -2.56. The van der Waals surface area contributed by atoms with E-state index in [1.54, 1.807) is 18.3 Å². The Morgan fingerprint density at radius 3 is 2.81 bits per heavy atom. The summed E-state index contributed by atoms with van der Waals surface area (Å²) in [5.41, 5.74) is 0. The Hall–Kier alpha value is -1.59. The maximum absolute atomic E-state index is 11.7. The zero-order chi connectivity index (χ0) is 11.7. The largest absolute Gasteiger partial charge is 0.327 e. The summed E-state index contributed by atoms with van der Waals surface area (Å²) in [6, 6.07) is -0.0958. The normalized spacial score (nSPS) is 24.7. The monoisotopic (exact) mass is 224 g/mol. The molecular formula is C10H18N5O+. The number of rotatable bonds is 3. The number of urea groups is 1. The van der Waals surface area contributed by atoms with Crippen molar-refractivity contribution in [3.63, 3.8) is 0 Å². The Kier molecular flexibility index (Phi) is 2.80. The molecule has 0 saturated heterocycles. The molecule has 2 rings (SSSR count). The van der Waals surface area contributed by atoms with E-state index in [-0.39, 0.29) is 12.3 Å². The van der Waals surface area contributed by atoms with Crippen molar-refractivity contribution >= 4 is 18.2 Å². The maximum Gasteiger partial charge on any atom is 0.327 e. The first kappa shape index (κ1) is 10.9. The molecule has 1 atom stereocenters. The van der Waals surface area contributed by atoms with E-state index in [1.165, 1.54) is 0 Å². The Morgan fingerprint density at radius 2 is 2.25 bits per heavy atom. The number of aliphatic imine (C=N–C) groups is 1. The number of hydrogen-bond acceptors (Lipinski definition) is 2. The summed E-state index contributed by atoms with van der Waals surface area (Å²) in [6.07, 6.45) is 3.72. The first-order valence-corrected chi connectivity index (χ1v) is 5.45. The molecule has 1 aliphatic carbocycles. The van der Waals surface area contributed by atoms with E-state index in [2.05, 4.69) is 15.6 Å². The van der Waals surface area contributed by atoms with Gasteiger partial charge in [0, 0.05) is 13.0 Å². The van der Waals surface area contributed by atoms with Gasteiger partial charge in [-0.25, -0.2) is 15.1 Å². The van der Waals surface area contributed by atoms with Crippen LogP contribution in [-0.4, -0.2) is 55.1 Å². The van der Waals surface area contributed by atoms with Crippen LogP contribution < -0.4 is 10.6 Å². The summed E-state index contributed by atoms with van der Waals surface area (Å²) in [5, 5.41) is 5.80. The molecule has 0 aromatic rings. The van der Waals surface area contributed by atoms with Crippen LogP contribution in [0, 0.1) is 5.92 Å². The number of carbonyl (C=O) groups excluding carboxylic acids is 1. The third-order valence-corrected chi connectivity index (χ3v) is 2.60. The van der Waals surface area contributed by atoms with Gasteiger partial charge < -0.3 is 0 Å². The number of hydrogen-bond donors (Lipinski definition) is 2. The molecule has 1 fully saturated rings. The number of amides is 2. The molecule has 0 aromatic heterocycles. The lowest BCUT2D eigenvalue weighted by Gasteiger charge is -2.27. The van der Waals surface area contributed by atoms with E-state index >= 15 is 0 Å². The standard InChI is InChI=1S/C10H17N5O/c1-14(2)6-11-9-12-8(7-4-5-7)15(3)10(16)13-9/h6-7,9H,4-5H2,1-3H3,(H,13,16)/p+1/t9-/m0/s1. The first-order chi connectivity index (χ1) is 7.58. The third-order valence-electron chi connectivity index (χ3n) is 2.60. The van der Waals surface area contributed by atoms with Crippen molar-refractivity contribution in [3.05, 3.63) is 0 Å². The summed E-state index contributed by atoms with van der Waals surface area (Å²) in [4.78, 5) is 17.7. The SMILES string of the molecule is CN1C(=O)N[C@@H](NC=[N+](C)C)N=C1C1CC1. The molecule has 88 valence electrons. The van der Waals surface area contributed by atoms with Gasteiger partial charge in [0.15, 0.2) is 0 Å². The van der Waals surface area contributed by atoms with Gasteiger partial charge in [0.05, 0.1) is 14.1 Å². The summed E-state index contributed by atoms with van der Waals surface area (Å²) in [6.45, 7) is 0. The summed E-state index contributed by atoms with van der Waals surface area (Å²) >= 11 is 0. The van der Waals surface area contributed by atoms with Gasteiger partial charge in [-0.05, 0) is 12.8 Å². The van der Waals surface area contributed by atoms with E-state index in [1.807, 2.05) is 18.7 Å². The van der Waals surface area contributed by atoms with Crippen LogP contribution >= 0.6 is 0 Å². The summed E-state index contributed by atoms with van der Waals surface area (Å²) in [5.74, 6) is 1.37. The lowest BCUT2D eigenvalue weighted by atomic mass is 10.3. The zero-order valence-electron chi connectivity index (χ0n) is 9.90. The van der Waals surface area contributed by atoms with Crippen molar-refractivity contribution in [1.29, 1.82) is 0 Å². The predicted molar refractivity (Wildman–Crippen MR) is 61.5 cm³/mol. The molecule has 0 unspecified atom stereocenters. The van der Waals surface area contributed by atoms with Crippen molar-refractivity contribution in [1.82, 2.24) is 15.5 Å². The third kappa shape index (κ3) is 2.32. The van der Waals surface area contributed by atoms with Gasteiger partial charge in [-0.2, -0.15) is 0 Å². The van der Waals surface area contributed by atoms with Crippen LogP contribution in [0.3, 0.4) is 0 Å². The Balaban J connectivity index is 2.09. The topological polar surface area (TPSA) is 59.7 Å². The van der Waals surface area contributed by atoms with Gasteiger partial charge in [0.1, 0.15) is 5.84 Å². The highest BCUT2D eigenvalue weighted by molar-refractivity contribution is 6.01. The fourth-order valence-electron chi connectivity index (χ4n) is 1.59. The second-order valence-corrected chi connectivity index (χ2v) is 4.43. The Morgan fingerprint density at radius 1 is 1.56 bits per heavy atom. The highest BCUT2D eigenvalue weighted by atomic mass is 16.2. The molecule has 2 amide bonds. The van der Waals surface area contributed by atoms with E-state index in [0.717, 1.165) is 18.7 Å². The van der Waals surface area contributed by atoms with Crippen LogP contribution in [0.15, 0.2) is 4.99 Å². The van der Waals surface area contributed by atoms with Crippen LogP contribution in [0.4, 0.5) is 4.79 Å². The van der Waals surface area contributed by atoms with Crippen molar-refractivity contribution in [2.45, 2.75) is 19.1 Å². The average Bonchev–Trinajstić information content (AvgIpc) is 3.03. The zero-order valence-corrected chi connectivity index (χ0v) is 9.90. The van der Waals surface area contributed by atoms with Gasteiger partial charge in [-0.1, -0.05) is 0 Å². The van der Waals surface area contributed by atoms with Crippen molar-refractivity contribution in [2.75, 3.05) is 21.1 Å². The van der Waals surface area contributed by atoms with Gasteiger partial charge in [-0.3, -0.25) is 14.8 Å². The molecule has 6 nitrogen and oxygen atoms in total. The minimum atomic E-state index is -0.346. The quantitative estimate of drug-likeness (QED) is 0.390. The smallest absolute Gasteiger partial charge is 0.285 e. The highest BCUT2D eigenvalue weighted by Crippen LogP contribution is 2.32. The average molecular weight is 224 g/mol. The molecule has 2 aliphatic rings. The Labute approximate surface area is 95.0 Å². The van der Waals surface area contributed by atoms with Crippen LogP contribution in [0.1, 0.15) is 12.8 Å². The second-order valence-electron chi connectivity index (χ2n) is 4.43. The molecule has 1 saturated carbocycles. The second kappa shape index (κ2) is 4.11. The molecule has 2 N–H and O–H groups in total. The predicted octanol–water partition coefficient (Wildman–Crippen LogP) is -0.376. The fourth-order valence-corrected chi connectivity index (χ4v) is 1.59. The summed E-state index contributed by atoms with van der Waals surface area (Å²) in [7, 11) is 5.59. The van der Waals surface area contributed by atoms with Gasteiger partial charge in [0.2, 0.25) is 6.34 Å². The molecular weight excluding hydrogens is 206 g/mol. The van der Waals surface area contributed by atoms with E-state index in [9.17, 15) is 4.79 Å². The number of nitrogens with zero attached hydrogens (tertiary/aromatic N) is 3. The molecule has 0 radical (unpaired) electrons. The molecule has 0 spiro atoms. The fraction of sp³-hybridized carbons (Fsp3) is 0.700. The Bertz CT molecular complexity index is 354. The summed E-state index contributed by atoms with van der Waals surface area (Å²) < 4.78 is 1.87. The number of nitrogens with one attached hydrogen (secondary N) is 2. The van der Waals surface area contributed by atoms with Crippen molar-refractivity contribution in [3.8, 4) is 0 Å². The van der Waals surface area contributed by atoms with Gasteiger partial charge in [0.25, 0.3) is 6.29 Å². The van der Waals surface area contributed by atoms with E-state index < -0.39 is 0 Å². The molecule has 1 aliphatic heterocycles. The van der Waals surface area contributed by atoms with Crippen molar-refractivity contribution < 1.29 is 9.37 Å². The van der Waals surface area contributed by atoms with E-state index in [4.69, 9.17) is 0 Å². The van der Waals surface area contributed by atoms with Crippen LogP contribution in [0.25, 0.3) is 0 Å². The molecule has 16 heavy (non-hydrogen) atoms. The number of amidine groups is 1.